The SMILES string of the molecule is CCOc1ccccc1-c1nc(CC(=O)NC(CC)c2ccc(Br)cc2)cs1. The number of carbonyl (C=O) groups excluding carboxylic acids is 1. The molecule has 28 heavy (non-hydrogen) atoms. The number of carbonyl (C=O) groups is 1. The maximum atomic E-state index is 12.6. The summed E-state index contributed by atoms with van der Waals surface area (Å²) in [5.41, 5.74) is 2.83. The highest BCUT2D eigenvalue weighted by atomic mass is 79.9. The van der Waals surface area contributed by atoms with E-state index in [1.54, 1.807) is 0 Å². The van der Waals surface area contributed by atoms with E-state index in [4.69, 9.17) is 4.74 Å². The molecule has 0 radical (unpaired) electrons. The maximum Gasteiger partial charge on any atom is 0.226 e. The predicted octanol–water partition coefficient (Wildman–Crippen LogP) is 5.78. The highest BCUT2D eigenvalue weighted by Crippen LogP contribution is 2.32. The number of nitrogens with one attached hydrogen (secondary N) is 1. The van der Waals surface area contributed by atoms with Crippen molar-refractivity contribution in [1.82, 2.24) is 10.3 Å². The molecule has 146 valence electrons. The van der Waals surface area contributed by atoms with Crippen molar-refractivity contribution in [3.63, 3.8) is 0 Å². The van der Waals surface area contributed by atoms with Crippen LogP contribution in [0.4, 0.5) is 0 Å². The van der Waals surface area contributed by atoms with Gasteiger partial charge in [-0.15, -0.1) is 11.3 Å². The molecule has 0 fully saturated rings. The van der Waals surface area contributed by atoms with Gasteiger partial charge in [-0.25, -0.2) is 4.98 Å². The highest BCUT2D eigenvalue weighted by molar-refractivity contribution is 9.10. The summed E-state index contributed by atoms with van der Waals surface area (Å²) < 4.78 is 6.72. The molecule has 0 aliphatic rings. The molecule has 0 saturated heterocycles. The number of benzene rings is 2. The standard InChI is InChI=1S/C22H23BrN2O2S/c1-3-19(15-9-11-16(23)12-10-15)25-21(26)13-17-14-28-22(24-17)18-7-5-6-8-20(18)27-4-2/h5-12,14,19H,3-4,13H2,1-2H3,(H,25,26). The minimum Gasteiger partial charge on any atom is -0.493 e. The molecule has 0 aliphatic heterocycles. The third-order valence-corrected chi connectivity index (χ3v) is 5.78. The van der Waals surface area contributed by atoms with E-state index in [1.165, 1.54) is 11.3 Å². The molecule has 0 saturated carbocycles. The van der Waals surface area contributed by atoms with Crippen molar-refractivity contribution in [2.24, 2.45) is 0 Å². The van der Waals surface area contributed by atoms with Crippen molar-refractivity contribution in [3.05, 3.63) is 69.6 Å². The first kappa shape index (κ1) is 20.6. The first-order valence-corrected chi connectivity index (χ1v) is 11.0. The van der Waals surface area contributed by atoms with Crippen LogP contribution < -0.4 is 10.1 Å². The summed E-state index contributed by atoms with van der Waals surface area (Å²) in [6, 6.07) is 15.9. The monoisotopic (exact) mass is 458 g/mol. The predicted molar refractivity (Wildman–Crippen MR) is 118 cm³/mol. The van der Waals surface area contributed by atoms with Gasteiger partial charge < -0.3 is 10.1 Å². The van der Waals surface area contributed by atoms with Crippen LogP contribution in [-0.4, -0.2) is 17.5 Å². The quantitative estimate of drug-likeness (QED) is 0.465. The fourth-order valence-electron chi connectivity index (χ4n) is 2.96. The Bertz CT molecular complexity index is 924. The van der Waals surface area contributed by atoms with E-state index < -0.39 is 0 Å². The summed E-state index contributed by atoms with van der Waals surface area (Å²) in [6.07, 6.45) is 1.09. The van der Waals surface area contributed by atoms with Crippen molar-refractivity contribution in [3.8, 4) is 16.3 Å². The summed E-state index contributed by atoms with van der Waals surface area (Å²) in [5.74, 6) is 0.793. The Labute approximate surface area is 178 Å². The fraction of sp³-hybridized carbons (Fsp3) is 0.273. The number of halogens is 1. The Morgan fingerprint density at radius 3 is 2.64 bits per heavy atom. The Morgan fingerprint density at radius 1 is 1.18 bits per heavy atom. The van der Waals surface area contributed by atoms with Gasteiger partial charge >= 0.3 is 0 Å². The number of para-hydroxylation sites is 1. The second-order valence-corrected chi connectivity index (χ2v) is 8.10. The molecule has 0 bridgehead atoms. The topological polar surface area (TPSA) is 51.2 Å². The first-order chi connectivity index (χ1) is 13.6. The van der Waals surface area contributed by atoms with Gasteiger partial charge in [-0.05, 0) is 43.2 Å². The van der Waals surface area contributed by atoms with E-state index in [0.29, 0.717) is 6.61 Å². The van der Waals surface area contributed by atoms with Gasteiger partial charge in [-0.3, -0.25) is 4.79 Å². The van der Waals surface area contributed by atoms with Gasteiger partial charge in [-0.1, -0.05) is 47.1 Å². The number of amides is 1. The average Bonchev–Trinajstić information content (AvgIpc) is 3.16. The van der Waals surface area contributed by atoms with Crippen LogP contribution in [0.25, 0.3) is 10.6 Å². The van der Waals surface area contributed by atoms with Crippen molar-refractivity contribution in [2.45, 2.75) is 32.7 Å². The van der Waals surface area contributed by atoms with E-state index >= 15 is 0 Å². The average molecular weight is 459 g/mol. The van der Waals surface area contributed by atoms with E-state index in [-0.39, 0.29) is 18.4 Å². The molecule has 1 unspecified atom stereocenters. The van der Waals surface area contributed by atoms with Crippen LogP contribution in [-0.2, 0) is 11.2 Å². The Morgan fingerprint density at radius 2 is 1.93 bits per heavy atom. The molecule has 1 N–H and O–H groups in total. The van der Waals surface area contributed by atoms with Gasteiger partial charge in [-0.2, -0.15) is 0 Å². The minimum atomic E-state index is -0.0234. The van der Waals surface area contributed by atoms with Gasteiger partial charge in [0.15, 0.2) is 0 Å². The van der Waals surface area contributed by atoms with Crippen LogP contribution in [0.15, 0.2) is 58.4 Å². The maximum absolute atomic E-state index is 12.6. The fourth-order valence-corrected chi connectivity index (χ4v) is 4.08. The number of rotatable bonds is 8. The Hall–Kier alpha value is -2.18. The first-order valence-electron chi connectivity index (χ1n) is 9.32. The number of thiazole rings is 1. The van der Waals surface area contributed by atoms with E-state index in [1.807, 2.05) is 60.8 Å². The Balaban J connectivity index is 1.67. The summed E-state index contributed by atoms with van der Waals surface area (Å²) in [6.45, 7) is 4.63. The highest BCUT2D eigenvalue weighted by Gasteiger charge is 2.16. The largest absolute Gasteiger partial charge is 0.493 e. The lowest BCUT2D eigenvalue weighted by Crippen LogP contribution is -2.29. The third-order valence-electron chi connectivity index (χ3n) is 4.33. The summed E-state index contributed by atoms with van der Waals surface area (Å²) in [7, 11) is 0. The summed E-state index contributed by atoms with van der Waals surface area (Å²) in [5, 5.41) is 5.93. The molecule has 1 atom stereocenters. The zero-order valence-corrected chi connectivity index (χ0v) is 18.3. The lowest BCUT2D eigenvalue weighted by molar-refractivity contribution is -0.121. The van der Waals surface area contributed by atoms with E-state index in [0.717, 1.165) is 38.5 Å². The third kappa shape index (κ3) is 5.20. The molecular formula is C22H23BrN2O2S. The molecule has 1 aromatic heterocycles. The van der Waals surface area contributed by atoms with Crippen LogP contribution in [0.2, 0.25) is 0 Å². The van der Waals surface area contributed by atoms with Gasteiger partial charge in [0.2, 0.25) is 5.91 Å². The number of ether oxygens (including phenoxy) is 1. The number of nitrogens with zero attached hydrogens (tertiary/aromatic N) is 1. The smallest absolute Gasteiger partial charge is 0.226 e. The minimum absolute atomic E-state index is 0.00242. The van der Waals surface area contributed by atoms with Crippen LogP contribution in [0, 0.1) is 0 Å². The lowest BCUT2D eigenvalue weighted by atomic mass is 10.0. The lowest BCUT2D eigenvalue weighted by Gasteiger charge is -2.17. The summed E-state index contributed by atoms with van der Waals surface area (Å²) >= 11 is 4.98. The molecule has 0 aliphatic carbocycles. The summed E-state index contributed by atoms with van der Waals surface area (Å²) in [4.78, 5) is 17.2. The van der Waals surface area contributed by atoms with Crippen molar-refractivity contribution in [2.75, 3.05) is 6.61 Å². The van der Waals surface area contributed by atoms with Gasteiger partial charge in [0.1, 0.15) is 10.8 Å². The second-order valence-electron chi connectivity index (χ2n) is 6.33. The van der Waals surface area contributed by atoms with E-state index in [2.05, 4.69) is 33.2 Å². The molecule has 1 heterocycles. The normalized spacial score (nSPS) is 11.8. The van der Waals surface area contributed by atoms with E-state index in [9.17, 15) is 4.79 Å². The second kappa shape index (κ2) is 9.85. The molecule has 3 aromatic rings. The van der Waals surface area contributed by atoms with Crippen LogP contribution >= 0.6 is 27.3 Å². The molecule has 4 nitrogen and oxygen atoms in total. The van der Waals surface area contributed by atoms with Gasteiger partial charge in [0.25, 0.3) is 0 Å². The molecule has 2 aromatic carbocycles. The Kier molecular flexibility index (Phi) is 7.23. The number of hydrogen-bond acceptors (Lipinski definition) is 4. The molecule has 0 spiro atoms. The van der Waals surface area contributed by atoms with Crippen molar-refractivity contribution >= 4 is 33.2 Å². The zero-order valence-electron chi connectivity index (χ0n) is 15.9. The van der Waals surface area contributed by atoms with Crippen molar-refractivity contribution < 1.29 is 9.53 Å². The number of aromatic nitrogens is 1. The van der Waals surface area contributed by atoms with Gasteiger partial charge in [0.05, 0.1) is 30.3 Å². The zero-order chi connectivity index (χ0) is 19.9. The molecule has 1 amide bonds. The van der Waals surface area contributed by atoms with Gasteiger partial charge in [0, 0.05) is 9.85 Å². The van der Waals surface area contributed by atoms with Crippen molar-refractivity contribution in [1.29, 1.82) is 0 Å². The van der Waals surface area contributed by atoms with Crippen LogP contribution in [0.3, 0.4) is 0 Å². The molecular weight excluding hydrogens is 436 g/mol. The van der Waals surface area contributed by atoms with Crippen LogP contribution in [0.5, 0.6) is 5.75 Å². The number of hydrogen-bond donors (Lipinski definition) is 1. The molecule has 3 rings (SSSR count). The van der Waals surface area contributed by atoms with Crippen LogP contribution in [0.1, 0.15) is 37.6 Å². The molecule has 6 heteroatoms.